The fourth-order valence-electron chi connectivity index (χ4n) is 2.81. The van der Waals surface area contributed by atoms with Gasteiger partial charge in [-0.25, -0.2) is 0 Å². The number of likely N-dealkylation sites (N-methyl/N-ethyl adjacent to an activating group) is 2. The summed E-state index contributed by atoms with van der Waals surface area (Å²) in [6.45, 7) is 12.9. The number of carbonyl (C=O) groups excluding carboxylic acids is 4. The predicted molar refractivity (Wildman–Crippen MR) is 114 cm³/mol. The lowest BCUT2D eigenvalue weighted by Gasteiger charge is -2.32. The van der Waals surface area contributed by atoms with Crippen LogP contribution in [-0.2, 0) is 19.2 Å². The van der Waals surface area contributed by atoms with Crippen LogP contribution in [0.2, 0.25) is 0 Å². The summed E-state index contributed by atoms with van der Waals surface area (Å²) in [5, 5.41) is 5.30. The van der Waals surface area contributed by atoms with Crippen LogP contribution in [0.25, 0.3) is 0 Å². The van der Waals surface area contributed by atoms with Gasteiger partial charge < -0.3 is 20.4 Å². The lowest BCUT2D eigenvalue weighted by Crippen LogP contribution is -2.56. The van der Waals surface area contributed by atoms with Gasteiger partial charge in [0.05, 0.1) is 0 Å². The first-order valence-electron chi connectivity index (χ1n) is 10.3. The molecule has 0 aliphatic heterocycles. The molecule has 0 fully saturated rings. The summed E-state index contributed by atoms with van der Waals surface area (Å²) in [6.07, 6.45) is 0.489. The van der Waals surface area contributed by atoms with E-state index in [0.29, 0.717) is 6.42 Å². The first-order chi connectivity index (χ1) is 13.2. The number of nitrogens with zero attached hydrogens (tertiary/aromatic N) is 2. The number of hydrogen-bond acceptors (Lipinski definition) is 4. The van der Waals surface area contributed by atoms with Crippen LogP contribution in [-0.4, -0.2) is 72.7 Å². The van der Waals surface area contributed by atoms with Crippen molar-refractivity contribution in [1.29, 1.82) is 0 Å². The molecule has 168 valence electrons. The van der Waals surface area contributed by atoms with Gasteiger partial charge in [-0.3, -0.25) is 19.2 Å². The Balaban J connectivity index is 5.20. The third-order valence-electron chi connectivity index (χ3n) is 5.12. The fraction of sp³-hybridized carbons (Fsp3) is 0.810. The lowest BCUT2D eigenvalue weighted by atomic mass is 9.94. The molecule has 0 bridgehead atoms. The normalized spacial score (nSPS) is 15.3. The van der Waals surface area contributed by atoms with Gasteiger partial charge in [-0.15, -0.1) is 0 Å². The molecule has 0 rings (SSSR count). The third-order valence-corrected chi connectivity index (χ3v) is 5.12. The van der Waals surface area contributed by atoms with E-state index in [0.717, 1.165) is 0 Å². The second-order valence-corrected chi connectivity index (χ2v) is 8.82. The molecule has 29 heavy (non-hydrogen) atoms. The molecule has 0 saturated heterocycles. The fourth-order valence-corrected chi connectivity index (χ4v) is 2.81. The van der Waals surface area contributed by atoms with Gasteiger partial charge >= 0.3 is 0 Å². The Morgan fingerprint density at radius 3 is 1.62 bits per heavy atom. The Kier molecular flexibility index (Phi) is 10.9. The van der Waals surface area contributed by atoms with Gasteiger partial charge in [0, 0.05) is 27.1 Å². The van der Waals surface area contributed by atoms with E-state index in [1.165, 1.54) is 9.80 Å². The average Bonchev–Trinajstić information content (AvgIpc) is 2.62. The molecule has 4 amide bonds. The number of rotatable bonds is 10. The molecular formula is C21H40N4O4. The van der Waals surface area contributed by atoms with Crippen molar-refractivity contribution in [3.05, 3.63) is 0 Å². The van der Waals surface area contributed by atoms with Crippen LogP contribution in [0.1, 0.15) is 54.9 Å². The minimum atomic E-state index is -0.833. The first kappa shape index (κ1) is 26.9. The molecule has 0 aromatic heterocycles. The van der Waals surface area contributed by atoms with Gasteiger partial charge in [0.25, 0.3) is 0 Å². The molecule has 0 aromatic rings. The smallest absolute Gasteiger partial charge is 0.244 e. The lowest BCUT2D eigenvalue weighted by molar-refractivity contribution is -0.144. The molecule has 0 radical (unpaired) electrons. The van der Waals surface area contributed by atoms with Gasteiger partial charge in [0.15, 0.2) is 0 Å². The molecule has 0 unspecified atom stereocenters. The molecule has 0 spiro atoms. The van der Waals surface area contributed by atoms with Crippen molar-refractivity contribution in [3.63, 3.8) is 0 Å². The highest BCUT2D eigenvalue weighted by molar-refractivity contribution is 5.94. The Morgan fingerprint density at radius 2 is 1.21 bits per heavy atom. The molecular weight excluding hydrogens is 372 g/mol. The van der Waals surface area contributed by atoms with E-state index in [2.05, 4.69) is 10.6 Å². The monoisotopic (exact) mass is 412 g/mol. The first-order valence-corrected chi connectivity index (χ1v) is 10.3. The quantitative estimate of drug-likeness (QED) is 0.564. The van der Waals surface area contributed by atoms with Crippen molar-refractivity contribution in [2.24, 2.45) is 17.8 Å². The van der Waals surface area contributed by atoms with Crippen LogP contribution in [0.4, 0.5) is 0 Å². The summed E-state index contributed by atoms with van der Waals surface area (Å²) in [5.74, 6) is -1.01. The van der Waals surface area contributed by atoms with Crippen LogP contribution in [0, 0.1) is 17.8 Å². The van der Waals surface area contributed by atoms with E-state index in [-0.39, 0.29) is 35.5 Å². The van der Waals surface area contributed by atoms with E-state index >= 15 is 0 Å². The molecule has 4 atom stereocenters. The number of carbonyl (C=O) groups is 4. The number of nitrogens with one attached hydrogen (secondary N) is 2. The Morgan fingerprint density at radius 1 is 0.724 bits per heavy atom. The second kappa shape index (κ2) is 11.8. The molecule has 0 aliphatic rings. The highest BCUT2D eigenvalue weighted by atomic mass is 16.2. The zero-order chi connectivity index (χ0) is 23.0. The average molecular weight is 413 g/mol. The summed E-state index contributed by atoms with van der Waals surface area (Å²) in [7, 11) is 4.85. The zero-order valence-electron chi connectivity index (χ0n) is 19.7. The SMILES string of the molecule is CC(C)C[C@@H](C(=O)N[C@@H](C)C(=O)N[C@H](C)C(=O)N(C)C)N(C)C(=O)[C@@H](C)C(C)C. The highest BCUT2D eigenvalue weighted by Gasteiger charge is 2.32. The maximum Gasteiger partial charge on any atom is 0.244 e. The number of hydrogen-bond donors (Lipinski definition) is 2. The molecule has 8 heteroatoms. The Labute approximate surface area is 175 Å². The zero-order valence-corrected chi connectivity index (χ0v) is 19.7. The van der Waals surface area contributed by atoms with E-state index in [1.54, 1.807) is 35.0 Å². The standard InChI is InChI=1S/C21H40N4O4/c1-12(2)11-17(25(10)20(28)14(5)13(3)4)19(27)22-15(6)18(26)23-16(7)21(29)24(8)9/h12-17H,11H2,1-10H3,(H,22,27)(H,23,26)/t14-,15-,16+,17-/m0/s1. The van der Waals surface area contributed by atoms with E-state index in [9.17, 15) is 19.2 Å². The van der Waals surface area contributed by atoms with Crippen molar-refractivity contribution in [2.45, 2.75) is 73.0 Å². The van der Waals surface area contributed by atoms with Crippen molar-refractivity contribution < 1.29 is 19.2 Å². The maximum absolute atomic E-state index is 12.9. The molecule has 2 N–H and O–H groups in total. The Hall–Kier alpha value is -2.12. The van der Waals surface area contributed by atoms with Crippen LogP contribution >= 0.6 is 0 Å². The summed E-state index contributed by atoms with van der Waals surface area (Å²) in [4.78, 5) is 52.8. The number of amides is 4. The van der Waals surface area contributed by atoms with E-state index in [4.69, 9.17) is 0 Å². The third kappa shape index (κ3) is 8.41. The summed E-state index contributed by atoms with van der Waals surface area (Å²) in [5.41, 5.74) is 0. The van der Waals surface area contributed by atoms with Crippen molar-refractivity contribution in [1.82, 2.24) is 20.4 Å². The maximum atomic E-state index is 12.9. The highest BCUT2D eigenvalue weighted by Crippen LogP contribution is 2.18. The van der Waals surface area contributed by atoms with Crippen molar-refractivity contribution in [2.75, 3.05) is 21.1 Å². The summed E-state index contributed by atoms with van der Waals surface area (Å²) >= 11 is 0. The van der Waals surface area contributed by atoms with Crippen molar-refractivity contribution >= 4 is 23.6 Å². The predicted octanol–water partition coefficient (Wildman–Crippen LogP) is 1.25. The summed E-state index contributed by atoms with van der Waals surface area (Å²) < 4.78 is 0. The molecule has 0 saturated carbocycles. The largest absolute Gasteiger partial charge is 0.347 e. The van der Waals surface area contributed by atoms with Gasteiger partial charge in [0.2, 0.25) is 23.6 Å². The van der Waals surface area contributed by atoms with Gasteiger partial charge in [0.1, 0.15) is 18.1 Å². The van der Waals surface area contributed by atoms with Crippen molar-refractivity contribution in [3.8, 4) is 0 Å². The van der Waals surface area contributed by atoms with Gasteiger partial charge in [-0.1, -0.05) is 34.6 Å². The summed E-state index contributed by atoms with van der Waals surface area (Å²) in [6, 6.07) is -2.19. The molecule has 0 heterocycles. The van der Waals surface area contributed by atoms with E-state index in [1.807, 2.05) is 34.6 Å². The minimum absolute atomic E-state index is 0.0943. The molecule has 0 aliphatic carbocycles. The van der Waals surface area contributed by atoms with Crippen LogP contribution in [0.15, 0.2) is 0 Å². The van der Waals surface area contributed by atoms with Crippen LogP contribution in [0.5, 0.6) is 0 Å². The van der Waals surface area contributed by atoms with E-state index < -0.39 is 24.0 Å². The second-order valence-electron chi connectivity index (χ2n) is 8.82. The molecule has 0 aromatic carbocycles. The topological polar surface area (TPSA) is 98.8 Å². The minimum Gasteiger partial charge on any atom is -0.347 e. The van der Waals surface area contributed by atoms with Crippen LogP contribution in [0.3, 0.4) is 0 Å². The van der Waals surface area contributed by atoms with Crippen LogP contribution < -0.4 is 10.6 Å². The Bertz CT molecular complexity index is 589. The van der Waals surface area contributed by atoms with Gasteiger partial charge in [-0.05, 0) is 32.1 Å². The molecule has 8 nitrogen and oxygen atoms in total. The van der Waals surface area contributed by atoms with Gasteiger partial charge in [-0.2, -0.15) is 0 Å².